The molecule has 3 aromatic rings. The molecule has 5 nitrogen and oxygen atoms in total. The molecule has 1 amide bonds. The Labute approximate surface area is 173 Å². The summed E-state index contributed by atoms with van der Waals surface area (Å²) in [5.41, 5.74) is 3.65. The number of Topliss-reactive ketones (excluding diaryl/α,β-unsaturated/α-hetero) is 1. The zero-order valence-electron chi connectivity index (χ0n) is 16.0. The number of nitrogens with one attached hydrogen (secondary N) is 1. The molecule has 2 N–H and O–H groups in total. The number of aromatic hydroxyl groups is 1. The Hall–Kier alpha value is -3.23. The lowest BCUT2D eigenvalue weighted by molar-refractivity contribution is -0.113. The summed E-state index contributed by atoms with van der Waals surface area (Å²) in [6.07, 6.45) is 1.60. The van der Waals surface area contributed by atoms with Crippen LogP contribution in [0.3, 0.4) is 0 Å². The standard InChI is InChI=1S/C23H19ClN2O3/c1-13-4-3-5-17-20(28)9-19-23(22(13)17)16(10-24)12-26(19)21(29)7-6-15-8-18(14(2)27)25-11-15/h3-5,8-9,11,16,25,28H,10,12H2,1-2H3/t16-/m1/s1. The molecule has 146 valence electrons. The molecule has 29 heavy (non-hydrogen) atoms. The third kappa shape index (κ3) is 3.26. The number of benzene rings is 2. The van der Waals surface area contributed by atoms with Gasteiger partial charge in [-0.25, -0.2) is 0 Å². The van der Waals surface area contributed by atoms with Gasteiger partial charge in [0.15, 0.2) is 5.78 Å². The number of phenols is 1. The summed E-state index contributed by atoms with van der Waals surface area (Å²) in [5, 5.41) is 12.2. The molecule has 1 aromatic heterocycles. The van der Waals surface area contributed by atoms with E-state index in [0.29, 0.717) is 29.4 Å². The summed E-state index contributed by atoms with van der Waals surface area (Å²) in [4.78, 5) is 28.7. The normalized spacial score (nSPS) is 15.1. The van der Waals surface area contributed by atoms with Crippen molar-refractivity contribution >= 4 is 39.8 Å². The number of carbonyl (C=O) groups excluding carboxylic acids is 2. The zero-order valence-corrected chi connectivity index (χ0v) is 16.8. The van der Waals surface area contributed by atoms with E-state index in [2.05, 4.69) is 16.8 Å². The smallest absolute Gasteiger partial charge is 0.303 e. The molecule has 2 heterocycles. The van der Waals surface area contributed by atoms with Crippen molar-refractivity contribution in [3.05, 3.63) is 58.9 Å². The molecule has 0 fully saturated rings. The molecular weight excluding hydrogens is 388 g/mol. The average Bonchev–Trinajstić information content (AvgIpc) is 3.31. The van der Waals surface area contributed by atoms with E-state index < -0.39 is 0 Å². The molecule has 0 spiro atoms. The molecule has 1 atom stereocenters. The van der Waals surface area contributed by atoms with Crippen LogP contribution in [-0.4, -0.2) is 34.2 Å². The lowest BCUT2D eigenvalue weighted by Crippen LogP contribution is -2.28. The number of anilines is 1. The van der Waals surface area contributed by atoms with E-state index in [1.807, 2.05) is 25.1 Å². The van der Waals surface area contributed by atoms with Crippen LogP contribution < -0.4 is 4.90 Å². The quantitative estimate of drug-likeness (QED) is 0.382. The minimum absolute atomic E-state index is 0.0433. The number of rotatable bonds is 2. The Morgan fingerprint density at radius 2 is 2.14 bits per heavy atom. The maximum Gasteiger partial charge on any atom is 0.303 e. The van der Waals surface area contributed by atoms with Crippen molar-refractivity contribution in [3.63, 3.8) is 0 Å². The number of aryl methyl sites for hydroxylation is 1. The number of phenolic OH excluding ortho intramolecular Hbond substituents is 1. The van der Waals surface area contributed by atoms with Gasteiger partial charge in [0.25, 0.3) is 0 Å². The van der Waals surface area contributed by atoms with Gasteiger partial charge in [0.05, 0.1) is 11.4 Å². The summed E-state index contributed by atoms with van der Waals surface area (Å²) in [6.45, 7) is 3.85. The fourth-order valence-corrected chi connectivity index (χ4v) is 4.13. The van der Waals surface area contributed by atoms with Crippen molar-refractivity contribution < 1.29 is 14.7 Å². The molecule has 0 saturated heterocycles. The first-order valence-corrected chi connectivity index (χ1v) is 9.78. The van der Waals surface area contributed by atoms with E-state index in [-0.39, 0.29) is 23.4 Å². The summed E-state index contributed by atoms with van der Waals surface area (Å²) in [6, 6.07) is 8.98. The number of hydrogen-bond donors (Lipinski definition) is 2. The topological polar surface area (TPSA) is 73.4 Å². The zero-order chi connectivity index (χ0) is 20.7. The highest BCUT2D eigenvalue weighted by Gasteiger charge is 2.34. The Morgan fingerprint density at radius 1 is 1.34 bits per heavy atom. The summed E-state index contributed by atoms with van der Waals surface area (Å²) < 4.78 is 0. The lowest BCUT2D eigenvalue weighted by Gasteiger charge is -2.16. The van der Waals surface area contributed by atoms with Crippen LogP contribution in [0.15, 0.2) is 36.5 Å². The SMILES string of the molecule is CC(=O)c1cc(C#CC(=O)N2C[C@@H](CCl)c3c2cc(O)c2cccc(C)c32)c[nH]1. The number of nitrogens with zero attached hydrogens (tertiary/aromatic N) is 1. The number of aromatic amines is 1. The second kappa shape index (κ2) is 7.31. The van der Waals surface area contributed by atoms with Gasteiger partial charge in [-0.3, -0.25) is 9.59 Å². The van der Waals surface area contributed by atoms with Crippen LogP contribution in [0.2, 0.25) is 0 Å². The molecule has 0 saturated carbocycles. The van der Waals surface area contributed by atoms with Gasteiger partial charge >= 0.3 is 5.91 Å². The van der Waals surface area contributed by atoms with Crippen molar-refractivity contribution in [1.29, 1.82) is 0 Å². The van der Waals surface area contributed by atoms with Gasteiger partial charge in [0, 0.05) is 54.4 Å². The van der Waals surface area contributed by atoms with E-state index in [0.717, 1.165) is 21.9 Å². The van der Waals surface area contributed by atoms with Crippen LogP contribution in [-0.2, 0) is 4.79 Å². The van der Waals surface area contributed by atoms with Crippen LogP contribution in [0.25, 0.3) is 10.8 Å². The second-order valence-corrected chi connectivity index (χ2v) is 7.51. The minimum Gasteiger partial charge on any atom is -0.507 e. The molecule has 2 aromatic carbocycles. The summed E-state index contributed by atoms with van der Waals surface area (Å²) in [5.74, 6) is 5.41. The fourth-order valence-electron chi connectivity index (χ4n) is 3.88. The number of ketones is 1. The van der Waals surface area contributed by atoms with Gasteiger partial charge in [-0.1, -0.05) is 24.1 Å². The maximum atomic E-state index is 12.9. The molecule has 6 heteroatoms. The number of H-pyrrole nitrogens is 1. The molecule has 0 radical (unpaired) electrons. The fraction of sp³-hybridized carbons (Fsp3) is 0.217. The number of carbonyl (C=O) groups is 2. The Balaban J connectivity index is 1.76. The molecule has 0 bridgehead atoms. The second-order valence-electron chi connectivity index (χ2n) is 7.20. The summed E-state index contributed by atoms with van der Waals surface area (Å²) in [7, 11) is 0. The first kappa shape index (κ1) is 19.1. The van der Waals surface area contributed by atoms with E-state index >= 15 is 0 Å². The van der Waals surface area contributed by atoms with Gasteiger partial charge < -0.3 is 15.0 Å². The van der Waals surface area contributed by atoms with Crippen molar-refractivity contribution in [1.82, 2.24) is 4.98 Å². The van der Waals surface area contributed by atoms with E-state index in [1.165, 1.54) is 6.92 Å². The molecule has 0 aliphatic carbocycles. The maximum absolute atomic E-state index is 12.9. The highest BCUT2D eigenvalue weighted by molar-refractivity contribution is 6.19. The predicted octanol–water partition coefficient (Wildman–Crippen LogP) is 4.11. The van der Waals surface area contributed by atoms with Crippen LogP contribution in [0.5, 0.6) is 5.75 Å². The molecule has 4 rings (SSSR count). The number of halogens is 1. The number of fused-ring (bicyclic) bond motifs is 3. The Morgan fingerprint density at radius 3 is 2.83 bits per heavy atom. The first-order chi connectivity index (χ1) is 13.9. The number of aromatic nitrogens is 1. The molecule has 0 unspecified atom stereocenters. The Bertz CT molecular complexity index is 1220. The van der Waals surface area contributed by atoms with Gasteiger partial charge in [-0.15, -0.1) is 11.6 Å². The molecule has 1 aliphatic rings. The van der Waals surface area contributed by atoms with Gasteiger partial charge in [-0.2, -0.15) is 0 Å². The minimum atomic E-state index is -0.378. The largest absolute Gasteiger partial charge is 0.507 e. The van der Waals surface area contributed by atoms with E-state index in [4.69, 9.17) is 11.6 Å². The van der Waals surface area contributed by atoms with Crippen molar-refractivity contribution in [2.45, 2.75) is 19.8 Å². The monoisotopic (exact) mass is 406 g/mol. The number of amides is 1. The van der Waals surface area contributed by atoms with Crippen LogP contribution in [0, 0.1) is 18.8 Å². The van der Waals surface area contributed by atoms with Gasteiger partial charge in [-0.05, 0) is 29.5 Å². The first-order valence-electron chi connectivity index (χ1n) is 9.24. The lowest BCUT2D eigenvalue weighted by atomic mass is 9.92. The van der Waals surface area contributed by atoms with Crippen LogP contribution in [0.1, 0.15) is 40.0 Å². The van der Waals surface area contributed by atoms with Crippen LogP contribution >= 0.6 is 11.6 Å². The third-order valence-corrected chi connectivity index (χ3v) is 5.65. The van der Waals surface area contributed by atoms with Crippen molar-refractivity contribution in [3.8, 4) is 17.6 Å². The van der Waals surface area contributed by atoms with E-state index in [1.54, 1.807) is 23.2 Å². The number of hydrogen-bond acceptors (Lipinski definition) is 3. The predicted molar refractivity (Wildman–Crippen MR) is 114 cm³/mol. The van der Waals surface area contributed by atoms with Gasteiger partial charge in [0.1, 0.15) is 5.75 Å². The van der Waals surface area contributed by atoms with Crippen LogP contribution in [0.4, 0.5) is 5.69 Å². The Kier molecular flexibility index (Phi) is 4.81. The highest BCUT2D eigenvalue weighted by Crippen LogP contribution is 2.46. The number of alkyl halides is 1. The third-order valence-electron chi connectivity index (χ3n) is 5.28. The summed E-state index contributed by atoms with van der Waals surface area (Å²) >= 11 is 6.23. The van der Waals surface area contributed by atoms with E-state index in [9.17, 15) is 14.7 Å². The van der Waals surface area contributed by atoms with Crippen molar-refractivity contribution in [2.75, 3.05) is 17.3 Å². The molecule has 1 aliphatic heterocycles. The highest BCUT2D eigenvalue weighted by atomic mass is 35.5. The molecular formula is C23H19ClN2O3. The van der Waals surface area contributed by atoms with Gasteiger partial charge in [0.2, 0.25) is 0 Å². The van der Waals surface area contributed by atoms with Crippen molar-refractivity contribution in [2.24, 2.45) is 0 Å². The average molecular weight is 407 g/mol.